The molecule has 1 unspecified atom stereocenters. The summed E-state index contributed by atoms with van der Waals surface area (Å²) in [6, 6.07) is 6.12. The van der Waals surface area contributed by atoms with Crippen LogP contribution in [0.25, 0.3) is 11.5 Å². The fraction of sp³-hybridized carbons (Fsp3) is 0.357. The largest absolute Gasteiger partial charge is 0.373 e. The second-order valence-electron chi connectivity index (χ2n) is 4.73. The minimum atomic E-state index is -0.602. The highest BCUT2D eigenvalue weighted by Crippen LogP contribution is 2.42. The molecule has 3 rings (SSSR count). The first-order chi connectivity index (χ1) is 9.74. The fourth-order valence-corrected chi connectivity index (χ4v) is 2.18. The van der Waals surface area contributed by atoms with Crippen molar-refractivity contribution in [1.29, 1.82) is 5.26 Å². The van der Waals surface area contributed by atoms with Crippen LogP contribution in [0.4, 0.5) is 4.39 Å². The standard InChI is InChI=1S/C14H12FN3O2/c1-19-12(8-5-6-8)13-17-14(20-18-13)9-3-2-4-11(15)10(9)7-16/h2-4,8,12H,5-6H2,1H3. The number of rotatable bonds is 4. The number of hydrogen-bond acceptors (Lipinski definition) is 5. The average molecular weight is 273 g/mol. The molecule has 1 aromatic carbocycles. The Bertz CT molecular complexity index is 673. The molecule has 1 heterocycles. The summed E-state index contributed by atoms with van der Waals surface area (Å²) in [4.78, 5) is 4.24. The van der Waals surface area contributed by atoms with Crippen LogP contribution in [0.5, 0.6) is 0 Å². The van der Waals surface area contributed by atoms with E-state index in [1.807, 2.05) is 6.07 Å². The minimum Gasteiger partial charge on any atom is -0.373 e. The van der Waals surface area contributed by atoms with Crippen molar-refractivity contribution >= 4 is 0 Å². The SMILES string of the molecule is COC(c1noc(-c2cccc(F)c2C#N)n1)C1CC1. The van der Waals surface area contributed by atoms with Crippen molar-refractivity contribution < 1.29 is 13.7 Å². The third kappa shape index (κ3) is 2.17. The van der Waals surface area contributed by atoms with E-state index in [1.54, 1.807) is 13.2 Å². The quantitative estimate of drug-likeness (QED) is 0.856. The van der Waals surface area contributed by atoms with Crippen LogP contribution in [-0.4, -0.2) is 17.3 Å². The van der Waals surface area contributed by atoms with E-state index in [0.29, 0.717) is 17.3 Å². The van der Waals surface area contributed by atoms with Crippen LogP contribution in [0, 0.1) is 23.1 Å². The summed E-state index contributed by atoms with van der Waals surface area (Å²) in [5.41, 5.74) is 0.208. The Morgan fingerprint density at radius 1 is 1.50 bits per heavy atom. The van der Waals surface area contributed by atoms with Crippen LogP contribution in [0.15, 0.2) is 22.7 Å². The van der Waals surface area contributed by atoms with Crippen LogP contribution in [0.2, 0.25) is 0 Å². The van der Waals surface area contributed by atoms with E-state index >= 15 is 0 Å². The molecule has 6 heteroatoms. The lowest BCUT2D eigenvalue weighted by Crippen LogP contribution is -2.05. The lowest BCUT2D eigenvalue weighted by atomic mass is 10.1. The van der Waals surface area contributed by atoms with E-state index in [1.165, 1.54) is 12.1 Å². The first-order valence-electron chi connectivity index (χ1n) is 6.30. The van der Waals surface area contributed by atoms with Gasteiger partial charge in [0.15, 0.2) is 0 Å². The normalized spacial score (nSPS) is 15.8. The summed E-state index contributed by atoms with van der Waals surface area (Å²) >= 11 is 0. The molecule has 1 saturated carbocycles. The highest BCUT2D eigenvalue weighted by atomic mass is 19.1. The summed E-state index contributed by atoms with van der Waals surface area (Å²) in [5.74, 6) is 0.389. The molecule has 1 aromatic heterocycles. The van der Waals surface area contributed by atoms with Crippen LogP contribution < -0.4 is 0 Å². The van der Waals surface area contributed by atoms with E-state index < -0.39 is 5.82 Å². The number of aromatic nitrogens is 2. The molecule has 2 aromatic rings. The second kappa shape index (κ2) is 5.02. The van der Waals surface area contributed by atoms with Crippen LogP contribution >= 0.6 is 0 Å². The first-order valence-corrected chi connectivity index (χ1v) is 6.30. The van der Waals surface area contributed by atoms with Crippen LogP contribution in [0.3, 0.4) is 0 Å². The third-order valence-electron chi connectivity index (χ3n) is 3.36. The summed E-state index contributed by atoms with van der Waals surface area (Å²) in [5, 5.41) is 12.9. The number of hydrogen-bond donors (Lipinski definition) is 0. The number of nitriles is 1. The zero-order valence-electron chi connectivity index (χ0n) is 10.8. The molecule has 0 amide bonds. The van der Waals surface area contributed by atoms with Gasteiger partial charge in [-0.2, -0.15) is 10.2 Å². The number of nitrogens with zero attached hydrogens (tertiary/aromatic N) is 3. The van der Waals surface area contributed by atoms with Crippen molar-refractivity contribution in [3.05, 3.63) is 35.4 Å². The maximum Gasteiger partial charge on any atom is 0.259 e. The molecule has 0 bridgehead atoms. The molecule has 0 radical (unpaired) electrons. The van der Waals surface area contributed by atoms with Crippen LogP contribution in [0.1, 0.15) is 30.3 Å². The zero-order valence-corrected chi connectivity index (χ0v) is 10.8. The van der Waals surface area contributed by atoms with E-state index in [2.05, 4.69) is 10.1 Å². The van der Waals surface area contributed by atoms with Gasteiger partial charge in [0.25, 0.3) is 5.89 Å². The number of methoxy groups -OCH3 is 1. The predicted octanol–water partition coefficient (Wildman–Crippen LogP) is 2.84. The molecule has 1 aliphatic carbocycles. The van der Waals surface area contributed by atoms with Gasteiger partial charge in [0, 0.05) is 7.11 Å². The summed E-state index contributed by atoms with van der Waals surface area (Å²) in [7, 11) is 1.60. The van der Waals surface area contributed by atoms with E-state index in [-0.39, 0.29) is 17.6 Å². The maximum absolute atomic E-state index is 13.6. The number of ether oxygens (including phenoxy) is 1. The van der Waals surface area contributed by atoms with Gasteiger partial charge in [-0.25, -0.2) is 4.39 Å². The molecule has 5 nitrogen and oxygen atoms in total. The van der Waals surface area contributed by atoms with Gasteiger partial charge >= 0.3 is 0 Å². The van der Waals surface area contributed by atoms with Crippen molar-refractivity contribution in [3.63, 3.8) is 0 Å². The molecule has 0 aliphatic heterocycles. The molecule has 0 saturated heterocycles. The van der Waals surface area contributed by atoms with Crippen molar-refractivity contribution in [2.24, 2.45) is 5.92 Å². The van der Waals surface area contributed by atoms with E-state index in [9.17, 15) is 4.39 Å². The van der Waals surface area contributed by atoms with E-state index in [4.69, 9.17) is 14.5 Å². The summed E-state index contributed by atoms with van der Waals surface area (Å²) < 4.78 is 24.1. The van der Waals surface area contributed by atoms with Crippen molar-refractivity contribution in [2.75, 3.05) is 7.11 Å². The van der Waals surface area contributed by atoms with Gasteiger partial charge in [0.05, 0.1) is 5.56 Å². The maximum atomic E-state index is 13.6. The molecular weight excluding hydrogens is 261 g/mol. The van der Waals surface area contributed by atoms with Crippen LogP contribution in [-0.2, 0) is 4.74 Å². The molecular formula is C14H12FN3O2. The van der Waals surface area contributed by atoms with Crippen molar-refractivity contribution in [1.82, 2.24) is 10.1 Å². The molecule has 0 N–H and O–H groups in total. The van der Waals surface area contributed by atoms with Crippen molar-refractivity contribution in [3.8, 4) is 17.5 Å². The van der Waals surface area contributed by atoms with Gasteiger partial charge in [-0.3, -0.25) is 0 Å². The molecule has 1 atom stereocenters. The minimum absolute atomic E-state index is 0.0944. The monoisotopic (exact) mass is 273 g/mol. The summed E-state index contributed by atoms with van der Waals surface area (Å²) in [6.45, 7) is 0. The Morgan fingerprint density at radius 2 is 2.30 bits per heavy atom. The number of halogens is 1. The molecule has 1 fully saturated rings. The van der Waals surface area contributed by atoms with Gasteiger partial charge in [-0.05, 0) is 30.9 Å². The van der Waals surface area contributed by atoms with Gasteiger partial charge in [-0.1, -0.05) is 11.2 Å². The predicted molar refractivity (Wildman–Crippen MR) is 66.9 cm³/mol. The topological polar surface area (TPSA) is 71.9 Å². The second-order valence-corrected chi connectivity index (χ2v) is 4.73. The molecule has 0 spiro atoms. The molecule has 20 heavy (non-hydrogen) atoms. The Balaban J connectivity index is 1.98. The van der Waals surface area contributed by atoms with E-state index in [0.717, 1.165) is 12.8 Å². The van der Waals surface area contributed by atoms with Gasteiger partial charge in [0.1, 0.15) is 23.6 Å². The molecule has 102 valence electrons. The Morgan fingerprint density at radius 3 is 2.95 bits per heavy atom. The molecule has 1 aliphatic rings. The average Bonchev–Trinajstić information content (AvgIpc) is 3.16. The highest BCUT2D eigenvalue weighted by Gasteiger charge is 2.35. The highest BCUT2D eigenvalue weighted by molar-refractivity contribution is 5.63. The zero-order chi connectivity index (χ0) is 14.1. The lowest BCUT2D eigenvalue weighted by molar-refractivity contribution is 0.0751. The van der Waals surface area contributed by atoms with Crippen molar-refractivity contribution in [2.45, 2.75) is 18.9 Å². The fourth-order valence-electron chi connectivity index (χ4n) is 2.18. The Kier molecular flexibility index (Phi) is 3.20. The third-order valence-corrected chi connectivity index (χ3v) is 3.36. The Hall–Kier alpha value is -2.26. The smallest absolute Gasteiger partial charge is 0.259 e. The first kappa shape index (κ1) is 12.8. The van der Waals surface area contributed by atoms with Gasteiger partial charge < -0.3 is 9.26 Å². The van der Waals surface area contributed by atoms with Gasteiger partial charge in [0.2, 0.25) is 5.82 Å². The lowest BCUT2D eigenvalue weighted by Gasteiger charge is -2.08. The van der Waals surface area contributed by atoms with Gasteiger partial charge in [-0.15, -0.1) is 0 Å². The number of benzene rings is 1. The Labute approximate surface area is 115 Å². The summed E-state index contributed by atoms with van der Waals surface area (Å²) in [6.07, 6.45) is 1.95.